The van der Waals surface area contributed by atoms with Crippen LogP contribution in [0.15, 0.2) is 42.5 Å². The molecule has 2 aromatic rings. The summed E-state index contributed by atoms with van der Waals surface area (Å²) in [4.78, 5) is 1.84. The van der Waals surface area contributed by atoms with Crippen LogP contribution in [0.3, 0.4) is 0 Å². The van der Waals surface area contributed by atoms with Gasteiger partial charge >= 0.3 is 0 Å². The highest BCUT2D eigenvalue weighted by molar-refractivity contribution is 5.65. The Morgan fingerprint density at radius 3 is 2.47 bits per heavy atom. The number of anilines is 2. The van der Waals surface area contributed by atoms with Gasteiger partial charge in [0.15, 0.2) is 0 Å². The number of rotatable bonds is 4. The summed E-state index contributed by atoms with van der Waals surface area (Å²) in [6.07, 6.45) is 0. The molecule has 100 valence electrons. The van der Waals surface area contributed by atoms with Crippen LogP contribution in [0.4, 0.5) is 20.2 Å². The Morgan fingerprint density at radius 2 is 1.79 bits per heavy atom. The molecule has 2 rings (SSSR count). The number of hydrogen-bond acceptors (Lipinski definition) is 2. The van der Waals surface area contributed by atoms with Gasteiger partial charge in [0, 0.05) is 25.0 Å². The molecule has 0 fully saturated rings. The lowest BCUT2D eigenvalue weighted by molar-refractivity contribution is 0.623. The fraction of sp³-hybridized carbons (Fsp3) is 0.200. The number of hydrogen-bond donors (Lipinski definition) is 1. The van der Waals surface area contributed by atoms with Crippen molar-refractivity contribution < 1.29 is 8.78 Å². The van der Waals surface area contributed by atoms with E-state index in [9.17, 15) is 8.78 Å². The predicted molar refractivity (Wildman–Crippen MR) is 73.6 cm³/mol. The van der Waals surface area contributed by atoms with E-state index in [1.54, 1.807) is 19.2 Å². The molecule has 4 heteroatoms. The van der Waals surface area contributed by atoms with Crippen LogP contribution in [0.2, 0.25) is 0 Å². The average Bonchev–Trinajstić information content (AvgIpc) is 2.39. The topological polar surface area (TPSA) is 15.3 Å². The van der Waals surface area contributed by atoms with Crippen molar-refractivity contribution in [2.24, 2.45) is 0 Å². The van der Waals surface area contributed by atoms with Crippen LogP contribution in [-0.4, -0.2) is 14.1 Å². The van der Waals surface area contributed by atoms with Gasteiger partial charge in [0.25, 0.3) is 0 Å². The Bertz CT molecular complexity index is 570. The molecule has 0 unspecified atom stereocenters. The number of benzene rings is 2. The maximum Gasteiger partial charge on any atom is 0.125 e. The Labute approximate surface area is 111 Å². The van der Waals surface area contributed by atoms with Gasteiger partial charge < -0.3 is 10.2 Å². The Balaban J connectivity index is 2.40. The van der Waals surface area contributed by atoms with Gasteiger partial charge in [-0.2, -0.15) is 0 Å². The second kappa shape index (κ2) is 5.80. The van der Waals surface area contributed by atoms with Crippen molar-refractivity contribution in [2.45, 2.75) is 6.54 Å². The van der Waals surface area contributed by atoms with E-state index in [1.807, 2.05) is 18.0 Å². The summed E-state index contributed by atoms with van der Waals surface area (Å²) in [5.41, 5.74) is 2.40. The highest BCUT2D eigenvalue weighted by Crippen LogP contribution is 2.28. The first-order chi connectivity index (χ1) is 9.11. The van der Waals surface area contributed by atoms with E-state index < -0.39 is 0 Å². The third-order valence-electron chi connectivity index (χ3n) is 2.97. The lowest BCUT2D eigenvalue weighted by Crippen LogP contribution is -2.15. The van der Waals surface area contributed by atoms with Crippen LogP contribution < -0.4 is 10.2 Å². The first-order valence-electron chi connectivity index (χ1n) is 6.04. The molecule has 0 heterocycles. The molecule has 2 aromatic carbocycles. The Kier molecular flexibility index (Phi) is 4.12. The van der Waals surface area contributed by atoms with Crippen LogP contribution >= 0.6 is 0 Å². The summed E-state index contributed by atoms with van der Waals surface area (Å²) in [5.74, 6) is -0.566. The molecule has 0 aromatic heterocycles. The quantitative estimate of drug-likeness (QED) is 0.907. The van der Waals surface area contributed by atoms with Crippen molar-refractivity contribution in [1.82, 2.24) is 5.32 Å². The number of halogens is 2. The van der Waals surface area contributed by atoms with Gasteiger partial charge in [0.1, 0.15) is 11.6 Å². The Morgan fingerprint density at radius 1 is 1.05 bits per heavy atom. The lowest BCUT2D eigenvalue weighted by Gasteiger charge is -2.22. The third-order valence-corrected chi connectivity index (χ3v) is 2.97. The zero-order chi connectivity index (χ0) is 13.8. The molecule has 0 saturated heterocycles. The number of nitrogens with one attached hydrogen (secondary N) is 1. The van der Waals surface area contributed by atoms with Crippen LogP contribution in [-0.2, 0) is 6.54 Å². The minimum Gasteiger partial charge on any atom is -0.344 e. The Hall–Kier alpha value is -1.94. The molecule has 0 spiro atoms. The van der Waals surface area contributed by atoms with Crippen molar-refractivity contribution in [2.75, 3.05) is 19.0 Å². The summed E-state index contributed by atoms with van der Waals surface area (Å²) >= 11 is 0. The van der Waals surface area contributed by atoms with Gasteiger partial charge in [-0.3, -0.25) is 0 Å². The van der Waals surface area contributed by atoms with E-state index in [0.29, 0.717) is 6.54 Å². The fourth-order valence-corrected chi connectivity index (χ4v) is 2.04. The summed E-state index contributed by atoms with van der Waals surface area (Å²) in [5, 5.41) is 3.00. The minimum absolute atomic E-state index is 0.276. The molecule has 0 atom stereocenters. The average molecular weight is 262 g/mol. The second-order valence-corrected chi connectivity index (χ2v) is 4.34. The van der Waals surface area contributed by atoms with Crippen molar-refractivity contribution in [1.29, 1.82) is 0 Å². The molecule has 0 saturated carbocycles. The van der Waals surface area contributed by atoms with E-state index >= 15 is 0 Å². The molecular formula is C15H16F2N2. The number of nitrogens with zero attached hydrogens (tertiary/aromatic N) is 1. The highest BCUT2D eigenvalue weighted by atomic mass is 19.1. The smallest absolute Gasteiger partial charge is 0.125 e. The monoisotopic (exact) mass is 262 g/mol. The molecule has 1 N–H and O–H groups in total. The van der Waals surface area contributed by atoms with E-state index in [1.165, 1.54) is 24.3 Å². The molecule has 0 aliphatic rings. The SMILES string of the molecule is CNCc1cc(F)ccc1N(C)c1cccc(F)c1. The summed E-state index contributed by atoms with van der Waals surface area (Å²) in [6, 6.07) is 10.9. The van der Waals surface area contributed by atoms with Gasteiger partial charge in [0.2, 0.25) is 0 Å². The zero-order valence-electron chi connectivity index (χ0n) is 11.0. The second-order valence-electron chi connectivity index (χ2n) is 4.34. The molecule has 2 nitrogen and oxygen atoms in total. The molecule has 0 amide bonds. The van der Waals surface area contributed by atoms with Gasteiger partial charge in [-0.25, -0.2) is 8.78 Å². The van der Waals surface area contributed by atoms with Crippen molar-refractivity contribution >= 4 is 11.4 Å². The lowest BCUT2D eigenvalue weighted by atomic mass is 10.1. The van der Waals surface area contributed by atoms with Crippen molar-refractivity contribution in [3.05, 3.63) is 59.7 Å². The highest BCUT2D eigenvalue weighted by Gasteiger charge is 2.10. The van der Waals surface area contributed by atoms with Crippen LogP contribution in [0.5, 0.6) is 0 Å². The molecule has 0 bridgehead atoms. The van der Waals surface area contributed by atoms with Crippen LogP contribution in [0.25, 0.3) is 0 Å². The normalized spacial score (nSPS) is 10.5. The van der Waals surface area contributed by atoms with Crippen LogP contribution in [0.1, 0.15) is 5.56 Å². The van der Waals surface area contributed by atoms with Crippen LogP contribution in [0, 0.1) is 11.6 Å². The van der Waals surface area contributed by atoms with Gasteiger partial charge in [-0.1, -0.05) is 6.07 Å². The summed E-state index contributed by atoms with van der Waals surface area (Å²) < 4.78 is 26.6. The van der Waals surface area contributed by atoms with Crippen molar-refractivity contribution in [3.8, 4) is 0 Å². The predicted octanol–water partition coefficient (Wildman–Crippen LogP) is 3.45. The first kappa shape index (κ1) is 13.5. The van der Waals surface area contributed by atoms with Gasteiger partial charge in [-0.05, 0) is 49.0 Å². The maximum absolute atomic E-state index is 13.3. The minimum atomic E-state index is -0.290. The van der Waals surface area contributed by atoms with E-state index in [4.69, 9.17) is 0 Å². The van der Waals surface area contributed by atoms with E-state index in [2.05, 4.69) is 5.32 Å². The van der Waals surface area contributed by atoms with Gasteiger partial charge in [0.05, 0.1) is 0 Å². The fourth-order valence-electron chi connectivity index (χ4n) is 2.04. The largest absolute Gasteiger partial charge is 0.344 e. The standard InChI is InChI=1S/C15H16F2N2/c1-18-10-11-8-13(17)6-7-15(11)19(2)14-5-3-4-12(16)9-14/h3-9,18H,10H2,1-2H3. The van der Waals surface area contributed by atoms with Crippen molar-refractivity contribution in [3.63, 3.8) is 0 Å². The molecular weight excluding hydrogens is 246 g/mol. The first-order valence-corrected chi connectivity index (χ1v) is 6.04. The van der Waals surface area contributed by atoms with Gasteiger partial charge in [-0.15, -0.1) is 0 Å². The maximum atomic E-state index is 13.3. The molecule has 0 radical (unpaired) electrons. The molecule has 0 aliphatic heterocycles. The van der Waals surface area contributed by atoms with E-state index in [-0.39, 0.29) is 11.6 Å². The molecule has 0 aliphatic carbocycles. The summed E-state index contributed by atoms with van der Waals surface area (Å²) in [7, 11) is 3.64. The zero-order valence-corrected chi connectivity index (χ0v) is 11.0. The van der Waals surface area contributed by atoms with E-state index in [0.717, 1.165) is 16.9 Å². The third kappa shape index (κ3) is 3.09. The molecule has 19 heavy (non-hydrogen) atoms. The summed E-state index contributed by atoms with van der Waals surface area (Å²) in [6.45, 7) is 0.548.